The van der Waals surface area contributed by atoms with Gasteiger partial charge in [0.25, 0.3) is 5.91 Å². The van der Waals surface area contributed by atoms with Crippen molar-refractivity contribution < 1.29 is 4.79 Å². The minimum absolute atomic E-state index is 0.0206. The summed E-state index contributed by atoms with van der Waals surface area (Å²) in [6.45, 7) is 4.94. The summed E-state index contributed by atoms with van der Waals surface area (Å²) in [6.07, 6.45) is 3.84. The second-order valence-electron chi connectivity index (χ2n) is 6.21. The number of likely N-dealkylation sites (tertiary alicyclic amines) is 1. The van der Waals surface area contributed by atoms with E-state index in [4.69, 9.17) is 0 Å². The first-order valence-corrected chi connectivity index (χ1v) is 9.24. The van der Waals surface area contributed by atoms with Crippen LogP contribution in [-0.4, -0.2) is 30.4 Å². The van der Waals surface area contributed by atoms with Gasteiger partial charge in [-0.05, 0) is 56.4 Å². The molecule has 1 aromatic heterocycles. The fourth-order valence-electron chi connectivity index (χ4n) is 3.20. The molecule has 0 bridgehead atoms. The van der Waals surface area contributed by atoms with Crippen molar-refractivity contribution in [3.05, 3.63) is 57.8 Å². The normalized spacial score (nSPS) is 16.9. The summed E-state index contributed by atoms with van der Waals surface area (Å²) in [6, 6.07) is 12.3. The molecule has 1 saturated heterocycles. The number of carbonyl (C=O) groups is 1. The zero-order valence-corrected chi connectivity index (χ0v) is 14.4. The highest BCUT2D eigenvalue weighted by Gasteiger charge is 2.23. The second kappa shape index (κ2) is 7.75. The molecule has 0 saturated carbocycles. The summed E-state index contributed by atoms with van der Waals surface area (Å²) in [5.41, 5.74) is 1.86. The molecule has 0 aliphatic carbocycles. The van der Waals surface area contributed by atoms with Gasteiger partial charge in [-0.15, -0.1) is 11.3 Å². The number of carbonyl (C=O) groups excluding carboxylic acids is 1. The lowest BCUT2D eigenvalue weighted by Crippen LogP contribution is -2.40. The maximum absolute atomic E-state index is 12.4. The van der Waals surface area contributed by atoms with E-state index >= 15 is 0 Å². The first-order valence-electron chi connectivity index (χ1n) is 8.36. The Bertz CT molecular complexity index is 633. The van der Waals surface area contributed by atoms with E-state index in [1.165, 1.54) is 24.1 Å². The average molecular weight is 328 g/mol. The van der Waals surface area contributed by atoms with Crippen LogP contribution in [0.2, 0.25) is 0 Å². The van der Waals surface area contributed by atoms with E-state index in [1.807, 2.05) is 31.2 Å². The van der Waals surface area contributed by atoms with Crippen LogP contribution in [0.1, 0.15) is 46.1 Å². The van der Waals surface area contributed by atoms with Crippen molar-refractivity contribution in [1.29, 1.82) is 0 Å². The number of hydrogen-bond donors (Lipinski definition) is 1. The monoisotopic (exact) mass is 328 g/mol. The van der Waals surface area contributed by atoms with Crippen LogP contribution in [-0.2, 0) is 0 Å². The number of nitrogens with one attached hydrogen (secondary N) is 1. The molecular formula is C19H24N2OS. The molecule has 1 N–H and O–H groups in total. The number of aryl methyl sites for hydroxylation is 1. The molecule has 0 radical (unpaired) electrons. The summed E-state index contributed by atoms with van der Waals surface area (Å²) >= 11 is 1.78. The summed E-state index contributed by atoms with van der Waals surface area (Å²) in [7, 11) is 0. The molecule has 0 spiro atoms. The SMILES string of the molecule is Cc1cccc(C(=O)NC[C@@H](c2cccs2)N2CCCCC2)c1. The molecule has 1 atom stereocenters. The third-order valence-electron chi connectivity index (χ3n) is 4.44. The molecule has 0 unspecified atom stereocenters. The minimum atomic E-state index is 0.0206. The minimum Gasteiger partial charge on any atom is -0.350 e. The molecule has 1 aliphatic rings. The number of piperidine rings is 1. The molecule has 4 heteroatoms. The van der Waals surface area contributed by atoms with Gasteiger partial charge in [0.05, 0.1) is 6.04 Å². The van der Waals surface area contributed by atoms with E-state index in [1.54, 1.807) is 11.3 Å². The van der Waals surface area contributed by atoms with E-state index < -0.39 is 0 Å². The number of thiophene rings is 1. The van der Waals surface area contributed by atoms with Gasteiger partial charge in [0.15, 0.2) is 0 Å². The Morgan fingerprint density at radius 1 is 1.22 bits per heavy atom. The third-order valence-corrected chi connectivity index (χ3v) is 5.41. The molecule has 122 valence electrons. The maximum atomic E-state index is 12.4. The third kappa shape index (κ3) is 4.21. The Balaban J connectivity index is 1.67. The molecular weight excluding hydrogens is 304 g/mol. The van der Waals surface area contributed by atoms with Crippen molar-refractivity contribution in [2.24, 2.45) is 0 Å². The van der Waals surface area contributed by atoms with Crippen LogP contribution in [0, 0.1) is 6.92 Å². The Labute approximate surface area is 142 Å². The summed E-state index contributed by atoms with van der Waals surface area (Å²) in [5, 5.41) is 5.26. The van der Waals surface area contributed by atoms with Gasteiger partial charge < -0.3 is 5.32 Å². The second-order valence-corrected chi connectivity index (χ2v) is 7.19. The van der Waals surface area contributed by atoms with Crippen LogP contribution in [0.25, 0.3) is 0 Å². The quantitative estimate of drug-likeness (QED) is 0.899. The highest BCUT2D eigenvalue weighted by molar-refractivity contribution is 7.10. The van der Waals surface area contributed by atoms with Crippen molar-refractivity contribution >= 4 is 17.2 Å². The highest BCUT2D eigenvalue weighted by atomic mass is 32.1. The van der Waals surface area contributed by atoms with Gasteiger partial charge in [-0.2, -0.15) is 0 Å². The van der Waals surface area contributed by atoms with Crippen molar-refractivity contribution in [3.63, 3.8) is 0 Å². The van der Waals surface area contributed by atoms with Crippen LogP contribution in [0.15, 0.2) is 41.8 Å². The van der Waals surface area contributed by atoms with Crippen molar-refractivity contribution in [2.45, 2.75) is 32.2 Å². The van der Waals surface area contributed by atoms with Crippen molar-refractivity contribution in [1.82, 2.24) is 10.2 Å². The number of hydrogen-bond acceptors (Lipinski definition) is 3. The topological polar surface area (TPSA) is 32.3 Å². The molecule has 1 aromatic carbocycles. The Morgan fingerprint density at radius 3 is 2.74 bits per heavy atom. The largest absolute Gasteiger partial charge is 0.350 e. The van der Waals surface area contributed by atoms with E-state index in [0.29, 0.717) is 12.6 Å². The van der Waals surface area contributed by atoms with Crippen molar-refractivity contribution in [3.8, 4) is 0 Å². The average Bonchev–Trinajstić information content (AvgIpc) is 3.10. The van der Waals surface area contributed by atoms with E-state index in [9.17, 15) is 4.79 Å². The predicted octanol–water partition coefficient (Wildman–Crippen LogP) is 4.01. The molecule has 3 rings (SSSR count). The first kappa shape index (κ1) is 16.2. The summed E-state index contributed by atoms with van der Waals surface area (Å²) in [4.78, 5) is 16.3. The van der Waals surface area contributed by atoms with Gasteiger partial charge in [0.2, 0.25) is 0 Å². The van der Waals surface area contributed by atoms with E-state index in [0.717, 1.165) is 24.2 Å². The molecule has 2 aromatic rings. The smallest absolute Gasteiger partial charge is 0.251 e. The summed E-state index contributed by atoms with van der Waals surface area (Å²) in [5.74, 6) is 0.0206. The molecule has 1 fully saturated rings. The zero-order valence-electron chi connectivity index (χ0n) is 13.6. The van der Waals surface area contributed by atoms with Gasteiger partial charge in [-0.1, -0.05) is 30.2 Å². The van der Waals surface area contributed by atoms with Gasteiger partial charge in [0, 0.05) is 17.0 Å². The lowest BCUT2D eigenvalue weighted by molar-refractivity contribution is 0.0925. The number of nitrogens with zero attached hydrogens (tertiary/aromatic N) is 1. The van der Waals surface area contributed by atoms with Gasteiger partial charge >= 0.3 is 0 Å². The molecule has 2 heterocycles. The van der Waals surface area contributed by atoms with E-state index in [2.05, 4.69) is 27.7 Å². The van der Waals surface area contributed by atoms with E-state index in [-0.39, 0.29) is 5.91 Å². The molecule has 1 amide bonds. The van der Waals surface area contributed by atoms with Crippen LogP contribution < -0.4 is 5.32 Å². The van der Waals surface area contributed by atoms with Crippen LogP contribution in [0.5, 0.6) is 0 Å². The lowest BCUT2D eigenvalue weighted by atomic mass is 10.1. The standard InChI is InChI=1S/C19H24N2OS/c1-15-7-5-8-16(13-15)19(22)20-14-17(18-9-6-12-23-18)21-10-3-2-4-11-21/h5-9,12-13,17H,2-4,10-11,14H2,1H3,(H,20,22)/t17-/m0/s1. The number of rotatable bonds is 5. The molecule has 1 aliphatic heterocycles. The van der Waals surface area contributed by atoms with Gasteiger partial charge in [-0.25, -0.2) is 0 Å². The molecule has 23 heavy (non-hydrogen) atoms. The maximum Gasteiger partial charge on any atom is 0.251 e. The zero-order chi connectivity index (χ0) is 16.1. The van der Waals surface area contributed by atoms with Crippen LogP contribution in [0.4, 0.5) is 0 Å². The van der Waals surface area contributed by atoms with Crippen molar-refractivity contribution in [2.75, 3.05) is 19.6 Å². The van der Waals surface area contributed by atoms with Gasteiger partial charge in [-0.3, -0.25) is 9.69 Å². The number of benzene rings is 1. The summed E-state index contributed by atoms with van der Waals surface area (Å²) < 4.78 is 0. The Hall–Kier alpha value is -1.65. The first-order chi connectivity index (χ1) is 11.2. The van der Waals surface area contributed by atoms with Crippen LogP contribution in [0.3, 0.4) is 0 Å². The predicted molar refractivity (Wildman–Crippen MR) is 96.0 cm³/mol. The Kier molecular flexibility index (Phi) is 5.47. The Morgan fingerprint density at radius 2 is 2.04 bits per heavy atom. The number of amides is 1. The van der Waals surface area contributed by atoms with Gasteiger partial charge in [0.1, 0.15) is 0 Å². The highest BCUT2D eigenvalue weighted by Crippen LogP contribution is 2.27. The lowest BCUT2D eigenvalue weighted by Gasteiger charge is -2.34. The van der Waals surface area contributed by atoms with Crippen LogP contribution >= 0.6 is 11.3 Å². The molecule has 3 nitrogen and oxygen atoms in total. The fraction of sp³-hybridized carbons (Fsp3) is 0.421. The fourth-order valence-corrected chi connectivity index (χ4v) is 4.06.